The molecule has 43 heavy (non-hydrogen) atoms. The quantitative estimate of drug-likeness (QED) is 0.208. The number of rotatable bonds is 7. The Morgan fingerprint density at radius 2 is 1.58 bits per heavy atom. The van der Waals surface area contributed by atoms with Gasteiger partial charge in [-0.05, 0) is 53.1 Å². The third-order valence-electron chi connectivity index (χ3n) is 7.12. The van der Waals surface area contributed by atoms with Gasteiger partial charge in [0, 0.05) is 18.0 Å². The maximum atomic E-state index is 12.6. The third-order valence-corrected chi connectivity index (χ3v) is 7.37. The number of esters is 1. The van der Waals surface area contributed by atoms with E-state index in [4.69, 9.17) is 37.4 Å². The lowest BCUT2D eigenvalue weighted by Crippen LogP contribution is -2.22. The van der Waals surface area contributed by atoms with Gasteiger partial charge in [0.05, 0.1) is 5.92 Å². The van der Waals surface area contributed by atoms with Gasteiger partial charge >= 0.3 is 12.1 Å². The molecule has 5 rings (SSSR count). The highest BCUT2D eigenvalue weighted by Crippen LogP contribution is 2.60. The molecule has 0 heterocycles. The van der Waals surface area contributed by atoms with E-state index in [0.717, 1.165) is 10.8 Å². The smallest absolute Gasteiger partial charge is 0.412 e. The number of carbonyl (C=O) groups is 2. The summed E-state index contributed by atoms with van der Waals surface area (Å²) in [5.41, 5.74) is 0.231. The first kappa shape index (κ1) is 31.4. The highest BCUT2D eigenvalue weighted by Gasteiger charge is 2.62. The van der Waals surface area contributed by atoms with Gasteiger partial charge in [-0.25, -0.2) is 4.79 Å². The number of fused-ring (bicyclic) bond motifs is 1. The van der Waals surface area contributed by atoms with Crippen LogP contribution in [0, 0.1) is 28.6 Å². The summed E-state index contributed by atoms with van der Waals surface area (Å²) in [7, 11) is 1.54. The second-order valence-corrected chi connectivity index (χ2v) is 11.3. The van der Waals surface area contributed by atoms with E-state index in [2.05, 4.69) is 5.32 Å². The van der Waals surface area contributed by atoms with Crippen molar-refractivity contribution in [2.24, 2.45) is 17.3 Å². The minimum Gasteiger partial charge on any atom is -0.457 e. The topological polar surface area (TPSA) is 97.7 Å². The van der Waals surface area contributed by atoms with Crippen molar-refractivity contribution < 1.29 is 23.8 Å². The Bertz CT molecular complexity index is 1660. The van der Waals surface area contributed by atoms with Gasteiger partial charge in [0.2, 0.25) is 6.10 Å². The molecule has 1 aliphatic rings. The van der Waals surface area contributed by atoms with Crippen molar-refractivity contribution in [1.82, 2.24) is 5.32 Å². The van der Waals surface area contributed by atoms with E-state index >= 15 is 0 Å². The number of carbonyl (C=O) groups excluding carboxylic acids is 2. The largest absolute Gasteiger partial charge is 0.457 e. The van der Waals surface area contributed by atoms with Crippen molar-refractivity contribution in [3.8, 4) is 23.3 Å². The summed E-state index contributed by atoms with van der Waals surface area (Å²) in [6.45, 7) is 3.87. The molecule has 3 atom stereocenters. The standard InChI is InChI=1S/C22H19Cl2NO3.C12H11NO2/c1-22(2)17(12-19(23)24)20(22)21(26)28-18(13-25)14-7-6-10-16(11-14)27-15-8-4-3-5-9-15;1-13-12(14)15-11-8-4-6-9-5-2-3-7-10(9)11/h3-12,17-18,20H,1-2H3;2-8H,1H3,(H,13,14)/t17?,18-,20?;/m1./s1. The van der Waals surface area contributed by atoms with Crippen LogP contribution >= 0.6 is 23.2 Å². The molecule has 0 aromatic heterocycles. The van der Waals surface area contributed by atoms with Crippen molar-refractivity contribution in [2.75, 3.05) is 7.05 Å². The Hall–Kier alpha value is -4.51. The van der Waals surface area contributed by atoms with Crippen LogP contribution in [0.15, 0.2) is 108 Å². The fraction of sp³-hybridized carbons (Fsp3) is 0.206. The zero-order valence-corrected chi connectivity index (χ0v) is 25.3. The molecule has 1 aliphatic carbocycles. The van der Waals surface area contributed by atoms with Gasteiger partial charge in [-0.15, -0.1) is 0 Å². The SMILES string of the molecule is CC1(C)C(C=C(Cl)Cl)C1C(=O)O[C@H](C#N)c1cccc(Oc2ccccc2)c1.CNC(=O)Oc1cccc2ccccc12. The highest BCUT2D eigenvalue weighted by molar-refractivity contribution is 6.55. The Balaban J connectivity index is 0.000000237. The molecule has 0 radical (unpaired) electrons. The molecule has 7 nitrogen and oxygen atoms in total. The van der Waals surface area contributed by atoms with Crippen LogP contribution in [0.2, 0.25) is 0 Å². The number of nitrogens with zero attached hydrogens (tertiary/aromatic N) is 1. The molecular formula is C34H30Cl2N2O5. The molecular weight excluding hydrogens is 587 g/mol. The van der Waals surface area contributed by atoms with Crippen LogP contribution in [0.1, 0.15) is 25.5 Å². The Labute approximate surface area is 260 Å². The van der Waals surface area contributed by atoms with Gasteiger partial charge in [-0.2, -0.15) is 5.26 Å². The first-order chi connectivity index (χ1) is 20.6. The minimum absolute atomic E-state index is 0.114. The number of amides is 1. The van der Waals surface area contributed by atoms with E-state index < -0.39 is 18.2 Å². The average molecular weight is 618 g/mol. The lowest BCUT2D eigenvalue weighted by molar-refractivity contribution is -0.149. The number of nitriles is 1. The Kier molecular flexibility index (Phi) is 10.3. The molecule has 0 saturated heterocycles. The van der Waals surface area contributed by atoms with E-state index in [-0.39, 0.29) is 21.7 Å². The molecule has 0 aliphatic heterocycles. The minimum atomic E-state index is -1.03. The summed E-state index contributed by atoms with van der Waals surface area (Å²) in [6.07, 6.45) is 0.163. The van der Waals surface area contributed by atoms with Gasteiger partial charge in [-0.3, -0.25) is 4.79 Å². The summed E-state index contributed by atoms with van der Waals surface area (Å²) in [6, 6.07) is 31.7. The molecule has 0 bridgehead atoms. The van der Waals surface area contributed by atoms with Crippen LogP contribution in [0.25, 0.3) is 10.8 Å². The molecule has 2 unspecified atom stereocenters. The van der Waals surface area contributed by atoms with Gasteiger partial charge in [0.25, 0.3) is 0 Å². The second-order valence-electron chi connectivity index (χ2n) is 10.3. The zero-order valence-electron chi connectivity index (χ0n) is 23.8. The first-order valence-electron chi connectivity index (χ1n) is 13.5. The fourth-order valence-corrected chi connectivity index (χ4v) is 5.01. The zero-order chi connectivity index (χ0) is 31.0. The fourth-order valence-electron chi connectivity index (χ4n) is 4.73. The predicted octanol–water partition coefficient (Wildman–Crippen LogP) is 8.74. The van der Waals surface area contributed by atoms with E-state index in [1.807, 2.05) is 86.6 Å². The second kappa shape index (κ2) is 14.1. The molecule has 1 fully saturated rings. The molecule has 0 spiro atoms. The van der Waals surface area contributed by atoms with E-state index in [1.165, 1.54) is 7.05 Å². The highest BCUT2D eigenvalue weighted by atomic mass is 35.5. The van der Waals surface area contributed by atoms with Crippen LogP contribution < -0.4 is 14.8 Å². The number of ether oxygens (including phenoxy) is 3. The molecule has 1 saturated carbocycles. The molecule has 4 aromatic rings. The van der Waals surface area contributed by atoms with Gasteiger partial charge < -0.3 is 19.5 Å². The van der Waals surface area contributed by atoms with Gasteiger partial charge in [-0.1, -0.05) is 104 Å². The van der Waals surface area contributed by atoms with E-state index in [0.29, 0.717) is 22.8 Å². The van der Waals surface area contributed by atoms with E-state index in [9.17, 15) is 14.9 Å². The normalized spacial score (nSPS) is 16.7. The number of para-hydroxylation sites is 1. The molecule has 220 valence electrons. The number of nitrogens with one attached hydrogen (secondary N) is 1. The number of benzene rings is 4. The number of hydrogen-bond acceptors (Lipinski definition) is 6. The Morgan fingerprint density at radius 1 is 0.930 bits per heavy atom. The number of hydrogen-bond donors (Lipinski definition) is 1. The molecule has 1 amide bonds. The van der Waals surface area contributed by atoms with Crippen LogP contribution in [0.4, 0.5) is 4.79 Å². The average Bonchev–Trinajstić information content (AvgIpc) is 3.55. The summed E-state index contributed by atoms with van der Waals surface area (Å²) in [5, 5.41) is 13.9. The lowest BCUT2D eigenvalue weighted by atomic mass is 10.1. The van der Waals surface area contributed by atoms with Crippen LogP contribution in [0.3, 0.4) is 0 Å². The predicted molar refractivity (Wildman–Crippen MR) is 167 cm³/mol. The maximum Gasteiger partial charge on any atom is 0.412 e. The van der Waals surface area contributed by atoms with Crippen molar-refractivity contribution >= 4 is 46.0 Å². The van der Waals surface area contributed by atoms with Crippen molar-refractivity contribution in [1.29, 1.82) is 5.26 Å². The molecule has 9 heteroatoms. The number of halogens is 2. The van der Waals surface area contributed by atoms with Crippen LogP contribution in [-0.2, 0) is 9.53 Å². The first-order valence-corrected chi connectivity index (χ1v) is 14.2. The molecule has 1 N–H and O–H groups in total. The summed E-state index contributed by atoms with van der Waals surface area (Å²) in [4.78, 5) is 23.7. The van der Waals surface area contributed by atoms with Crippen molar-refractivity contribution in [2.45, 2.75) is 20.0 Å². The van der Waals surface area contributed by atoms with Crippen molar-refractivity contribution in [3.05, 3.63) is 113 Å². The maximum absolute atomic E-state index is 12.6. The van der Waals surface area contributed by atoms with Gasteiger partial charge in [0.1, 0.15) is 27.8 Å². The third kappa shape index (κ3) is 8.07. The Morgan fingerprint density at radius 3 is 2.28 bits per heavy atom. The summed E-state index contributed by atoms with van der Waals surface area (Å²) in [5.74, 6) is 0.866. The van der Waals surface area contributed by atoms with Gasteiger partial charge in [0.15, 0.2) is 0 Å². The lowest BCUT2D eigenvalue weighted by Gasteiger charge is -2.13. The molecule has 4 aromatic carbocycles. The van der Waals surface area contributed by atoms with Crippen LogP contribution in [-0.4, -0.2) is 19.1 Å². The van der Waals surface area contributed by atoms with Crippen molar-refractivity contribution in [3.63, 3.8) is 0 Å². The summed E-state index contributed by atoms with van der Waals surface area (Å²) >= 11 is 11.5. The summed E-state index contributed by atoms with van der Waals surface area (Å²) < 4.78 is 16.5. The van der Waals surface area contributed by atoms with E-state index in [1.54, 1.807) is 36.4 Å². The number of allylic oxidation sites excluding steroid dienone is 1. The van der Waals surface area contributed by atoms with Crippen LogP contribution in [0.5, 0.6) is 17.2 Å². The monoisotopic (exact) mass is 616 g/mol.